The van der Waals surface area contributed by atoms with Gasteiger partial charge in [-0.3, -0.25) is 9.78 Å². The molecule has 0 unspecified atom stereocenters. The zero-order valence-corrected chi connectivity index (χ0v) is 20.0. The molecule has 12 heteroatoms. The van der Waals surface area contributed by atoms with Crippen molar-refractivity contribution >= 4 is 33.1 Å². The van der Waals surface area contributed by atoms with Gasteiger partial charge in [-0.05, 0) is 37.1 Å². The molecule has 1 aliphatic rings. The number of hydrogen-bond donors (Lipinski definition) is 2. The Hall–Kier alpha value is -3.93. The summed E-state index contributed by atoms with van der Waals surface area (Å²) >= 11 is 0. The molecule has 11 nitrogen and oxygen atoms in total. The number of aromatic nitrogens is 6. The van der Waals surface area contributed by atoms with Crippen molar-refractivity contribution < 1.29 is 13.2 Å². The SMILES string of the molecule is COc1c(Nc2cc(C)[nH]n2)nc(N(C)c2ccc3c(c2)CCS3(=O)=O)nc1-c1cnn(C)c1. The van der Waals surface area contributed by atoms with Crippen LogP contribution in [0.15, 0.2) is 41.6 Å². The molecule has 0 fully saturated rings. The van der Waals surface area contributed by atoms with Crippen LogP contribution < -0.4 is 15.0 Å². The Morgan fingerprint density at radius 1 is 1.24 bits per heavy atom. The maximum atomic E-state index is 12.2. The summed E-state index contributed by atoms with van der Waals surface area (Å²) in [5.41, 5.74) is 3.80. The highest BCUT2D eigenvalue weighted by Gasteiger charge is 2.27. The van der Waals surface area contributed by atoms with E-state index >= 15 is 0 Å². The summed E-state index contributed by atoms with van der Waals surface area (Å²) in [5, 5.41) is 14.6. The van der Waals surface area contributed by atoms with E-state index in [1.165, 1.54) is 0 Å². The maximum Gasteiger partial charge on any atom is 0.232 e. The average molecular weight is 481 g/mol. The molecule has 0 spiro atoms. The first-order chi connectivity index (χ1) is 16.2. The van der Waals surface area contributed by atoms with Crippen LogP contribution in [0.3, 0.4) is 0 Å². The monoisotopic (exact) mass is 480 g/mol. The highest BCUT2D eigenvalue weighted by atomic mass is 32.2. The molecule has 0 saturated carbocycles. The summed E-state index contributed by atoms with van der Waals surface area (Å²) in [5.74, 6) is 2.01. The van der Waals surface area contributed by atoms with Gasteiger partial charge in [-0.2, -0.15) is 15.2 Å². The third-order valence-electron chi connectivity index (χ3n) is 5.70. The Kier molecular flexibility index (Phi) is 5.24. The molecule has 0 amide bonds. The zero-order chi connectivity index (χ0) is 24.0. The van der Waals surface area contributed by atoms with Crippen LogP contribution in [-0.4, -0.2) is 58.3 Å². The molecule has 0 aliphatic carbocycles. The van der Waals surface area contributed by atoms with Gasteiger partial charge in [0.25, 0.3) is 0 Å². The van der Waals surface area contributed by atoms with Gasteiger partial charge in [0.2, 0.25) is 5.95 Å². The molecular weight excluding hydrogens is 456 g/mol. The Labute approximate surface area is 196 Å². The highest BCUT2D eigenvalue weighted by Crippen LogP contribution is 2.38. The minimum Gasteiger partial charge on any atom is -0.491 e. The molecule has 1 aromatic carbocycles. The van der Waals surface area contributed by atoms with Crippen molar-refractivity contribution in [2.45, 2.75) is 18.2 Å². The zero-order valence-electron chi connectivity index (χ0n) is 19.2. The van der Waals surface area contributed by atoms with Gasteiger partial charge >= 0.3 is 0 Å². The van der Waals surface area contributed by atoms with Crippen molar-refractivity contribution in [2.75, 3.05) is 30.1 Å². The molecule has 0 radical (unpaired) electrons. The number of methoxy groups -OCH3 is 1. The predicted octanol–water partition coefficient (Wildman–Crippen LogP) is 2.76. The van der Waals surface area contributed by atoms with E-state index < -0.39 is 9.84 Å². The second-order valence-electron chi connectivity index (χ2n) is 8.14. The van der Waals surface area contributed by atoms with Gasteiger partial charge in [0.15, 0.2) is 27.2 Å². The Morgan fingerprint density at radius 2 is 2.06 bits per heavy atom. The minimum atomic E-state index is -3.20. The number of aryl methyl sites for hydroxylation is 3. The number of rotatable bonds is 6. The third kappa shape index (κ3) is 3.85. The number of nitrogens with one attached hydrogen (secondary N) is 2. The maximum absolute atomic E-state index is 12.2. The van der Waals surface area contributed by atoms with Gasteiger partial charge in [0.05, 0.1) is 24.0 Å². The second-order valence-corrected chi connectivity index (χ2v) is 10.2. The lowest BCUT2D eigenvalue weighted by Gasteiger charge is -2.21. The van der Waals surface area contributed by atoms with Gasteiger partial charge < -0.3 is 15.0 Å². The molecule has 176 valence electrons. The number of aromatic amines is 1. The molecule has 4 aromatic rings. The lowest BCUT2D eigenvalue weighted by atomic mass is 10.1. The van der Waals surface area contributed by atoms with Crippen LogP contribution in [0.25, 0.3) is 11.3 Å². The van der Waals surface area contributed by atoms with Gasteiger partial charge in [0.1, 0.15) is 5.69 Å². The molecule has 0 atom stereocenters. The lowest BCUT2D eigenvalue weighted by molar-refractivity contribution is 0.415. The Bertz CT molecular complexity index is 1490. The summed E-state index contributed by atoms with van der Waals surface area (Å²) < 4.78 is 31.8. The Morgan fingerprint density at radius 3 is 2.74 bits per heavy atom. The Balaban J connectivity index is 1.62. The van der Waals surface area contributed by atoms with Crippen LogP contribution in [0.5, 0.6) is 5.75 Å². The first-order valence-corrected chi connectivity index (χ1v) is 12.2. The van der Waals surface area contributed by atoms with E-state index in [0.29, 0.717) is 40.3 Å². The largest absolute Gasteiger partial charge is 0.491 e. The van der Waals surface area contributed by atoms with Crippen LogP contribution in [0.1, 0.15) is 11.3 Å². The van der Waals surface area contributed by atoms with Crippen LogP contribution in [0.4, 0.5) is 23.3 Å². The summed E-state index contributed by atoms with van der Waals surface area (Å²) in [6, 6.07) is 7.15. The quantitative estimate of drug-likeness (QED) is 0.428. The van der Waals surface area contributed by atoms with Crippen LogP contribution >= 0.6 is 0 Å². The summed E-state index contributed by atoms with van der Waals surface area (Å²) in [4.78, 5) is 11.7. The molecule has 3 aromatic heterocycles. The molecule has 1 aliphatic heterocycles. The molecular formula is C22H24N8O3S. The number of H-pyrrole nitrogens is 1. The van der Waals surface area contributed by atoms with Crippen molar-refractivity contribution in [1.29, 1.82) is 0 Å². The van der Waals surface area contributed by atoms with E-state index in [-0.39, 0.29) is 5.75 Å². The summed E-state index contributed by atoms with van der Waals surface area (Å²) in [7, 11) is 2.03. The number of nitrogens with zero attached hydrogens (tertiary/aromatic N) is 6. The molecule has 4 heterocycles. The number of sulfone groups is 1. The van der Waals surface area contributed by atoms with E-state index in [0.717, 1.165) is 22.5 Å². The van der Waals surface area contributed by atoms with Crippen molar-refractivity contribution in [3.8, 4) is 17.0 Å². The topological polar surface area (TPSA) is 131 Å². The normalized spacial score (nSPS) is 14.1. The number of benzene rings is 1. The predicted molar refractivity (Wildman–Crippen MR) is 128 cm³/mol. The van der Waals surface area contributed by atoms with Crippen molar-refractivity contribution in [1.82, 2.24) is 29.9 Å². The van der Waals surface area contributed by atoms with E-state index in [2.05, 4.69) is 20.6 Å². The molecule has 0 bridgehead atoms. The first kappa shape index (κ1) is 21.9. The van der Waals surface area contributed by atoms with E-state index in [4.69, 9.17) is 14.7 Å². The van der Waals surface area contributed by atoms with Crippen molar-refractivity contribution in [2.24, 2.45) is 7.05 Å². The van der Waals surface area contributed by atoms with E-state index in [1.807, 2.05) is 44.2 Å². The summed E-state index contributed by atoms with van der Waals surface area (Å²) in [6.07, 6.45) is 4.05. The number of ether oxygens (including phenoxy) is 1. The molecule has 34 heavy (non-hydrogen) atoms. The third-order valence-corrected chi connectivity index (χ3v) is 7.51. The van der Waals surface area contributed by atoms with Crippen LogP contribution in [0, 0.1) is 6.92 Å². The number of hydrogen-bond acceptors (Lipinski definition) is 9. The lowest BCUT2D eigenvalue weighted by Crippen LogP contribution is -2.15. The van der Waals surface area contributed by atoms with Crippen molar-refractivity contribution in [3.63, 3.8) is 0 Å². The number of anilines is 4. The van der Waals surface area contributed by atoms with Crippen LogP contribution in [0.2, 0.25) is 0 Å². The highest BCUT2D eigenvalue weighted by molar-refractivity contribution is 7.91. The minimum absolute atomic E-state index is 0.136. The molecule has 2 N–H and O–H groups in total. The van der Waals surface area contributed by atoms with Crippen LogP contribution in [-0.2, 0) is 23.3 Å². The number of fused-ring (bicyclic) bond motifs is 1. The average Bonchev–Trinajstić information content (AvgIpc) is 3.51. The fourth-order valence-corrected chi connectivity index (χ4v) is 5.50. The first-order valence-electron chi connectivity index (χ1n) is 10.6. The van der Waals surface area contributed by atoms with Gasteiger partial charge in [-0.1, -0.05) is 0 Å². The fraction of sp³-hybridized carbons (Fsp3) is 0.273. The molecule has 5 rings (SSSR count). The van der Waals surface area contributed by atoms with Gasteiger partial charge in [-0.15, -0.1) is 0 Å². The summed E-state index contributed by atoms with van der Waals surface area (Å²) in [6.45, 7) is 1.91. The fourth-order valence-electron chi connectivity index (χ4n) is 3.95. The van der Waals surface area contributed by atoms with Gasteiger partial charge in [0, 0.05) is 43.3 Å². The van der Waals surface area contributed by atoms with E-state index in [9.17, 15) is 8.42 Å². The second kappa shape index (κ2) is 8.13. The van der Waals surface area contributed by atoms with Crippen molar-refractivity contribution in [3.05, 3.63) is 47.9 Å². The molecule has 0 saturated heterocycles. The van der Waals surface area contributed by atoms with Gasteiger partial charge in [-0.25, -0.2) is 13.4 Å². The smallest absolute Gasteiger partial charge is 0.232 e. The standard InChI is InChI=1S/C22H24N8O3S/c1-13-9-18(28-27-13)24-21-20(33-4)19(15-11-23-29(2)12-15)25-22(26-21)30(3)16-5-6-17-14(10-16)7-8-34(17,31)32/h5-6,9-12H,7-8H2,1-4H3,(H2,24,25,26,27,28). The van der Waals surface area contributed by atoms with E-state index in [1.54, 1.807) is 30.1 Å².